The van der Waals surface area contributed by atoms with Crippen LogP contribution in [0.4, 0.5) is 28.4 Å². The number of rotatable bonds is 13. The van der Waals surface area contributed by atoms with Gasteiger partial charge in [0.25, 0.3) is 29.5 Å². The Morgan fingerprint density at radius 3 is 1.36 bits per heavy atom. The minimum absolute atomic E-state index is 0.0410. The summed E-state index contributed by atoms with van der Waals surface area (Å²) >= 11 is 0. The molecule has 3 heterocycles. The van der Waals surface area contributed by atoms with Crippen molar-refractivity contribution < 1.29 is 24.0 Å². The first-order valence-electron chi connectivity index (χ1n) is 21.9. The first-order valence-corrected chi connectivity index (χ1v) is 21.9. The SMILES string of the molecule is Cc1ccc(C(=O)Nc2ccc(C3=NCCN3)cc2)cc1NC(=O)c1ccc(C(=O)Nc2cc(C(=O)Nc3ccc(C4NCCN4)cc3)ccc2C(=O)Nc2ccc(C3=NCCN3)cc2)cc1. The third-order valence-electron chi connectivity index (χ3n) is 11.4. The van der Waals surface area contributed by atoms with E-state index >= 15 is 0 Å². The normalized spacial score (nSPS) is 14.2. The average molecular weight is 894 g/mol. The van der Waals surface area contributed by atoms with E-state index in [1.54, 1.807) is 30.3 Å². The smallest absolute Gasteiger partial charge is 0.257 e. The van der Waals surface area contributed by atoms with E-state index < -0.39 is 23.6 Å². The maximum Gasteiger partial charge on any atom is 0.257 e. The van der Waals surface area contributed by atoms with Gasteiger partial charge in [-0.2, -0.15) is 0 Å². The number of carbonyl (C=O) groups excluding carboxylic acids is 5. The van der Waals surface area contributed by atoms with Gasteiger partial charge < -0.3 is 37.2 Å². The second-order valence-corrected chi connectivity index (χ2v) is 16.1. The Labute approximate surface area is 386 Å². The maximum absolute atomic E-state index is 13.8. The summed E-state index contributed by atoms with van der Waals surface area (Å²) in [6.45, 7) is 6.54. The quantitative estimate of drug-likeness (QED) is 0.0649. The number of amidine groups is 2. The lowest BCUT2D eigenvalue weighted by Gasteiger charge is -2.15. The Morgan fingerprint density at radius 2 is 0.866 bits per heavy atom. The summed E-state index contributed by atoms with van der Waals surface area (Å²) in [5.74, 6) is -0.713. The highest BCUT2D eigenvalue weighted by Crippen LogP contribution is 2.25. The Morgan fingerprint density at radius 1 is 0.448 bits per heavy atom. The van der Waals surface area contributed by atoms with Crippen molar-refractivity contribution in [1.29, 1.82) is 0 Å². The summed E-state index contributed by atoms with van der Waals surface area (Å²) in [7, 11) is 0. The van der Waals surface area contributed by atoms with Gasteiger partial charge in [0.2, 0.25) is 0 Å². The van der Waals surface area contributed by atoms with E-state index in [2.05, 4.69) is 57.8 Å². The summed E-state index contributed by atoms with van der Waals surface area (Å²) in [4.78, 5) is 76.8. The highest BCUT2D eigenvalue weighted by molar-refractivity contribution is 6.15. The van der Waals surface area contributed by atoms with Gasteiger partial charge in [0.05, 0.1) is 30.5 Å². The highest BCUT2D eigenvalue weighted by Gasteiger charge is 2.21. The third kappa shape index (κ3) is 10.4. The number of aryl methyl sites for hydroxylation is 1. The fourth-order valence-corrected chi connectivity index (χ4v) is 7.76. The Kier molecular flexibility index (Phi) is 12.9. The van der Waals surface area contributed by atoms with Crippen molar-refractivity contribution in [1.82, 2.24) is 21.3 Å². The van der Waals surface area contributed by atoms with E-state index in [0.29, 0.717) is 34.9 Å². The number of carbonyl (C=O) groups is 5. The van der Waals surface area contributed by atoms with Crippen LogP contribution in [-0.4, -0.2) is 80.5 Å². The molecule has 0 aliphatic carbocycles. The molecule has 16 nitrogen and oxygen atoms in total. The molecule has 1 fully saturated rings. The van der Waals surface area contributed by atoms with Gasteiger partial charge in [0.1, 0.15) is 11.7 Å². The number of nitrogens with zero attached hydrogens (tertiary/aromatic N) is 2. The molecule has 6 aromatic rings. The molecular formula is C51H47N11O5. The Hall–Kier alpha value is -8.47. The molecule has 0 spiro atoms. The summed E-state index contributed by atoms with van der Waals surface area (Å²) in [6.07, 6.45) is 0.0410. The number of anilines is 5. The van der Waals surface area contributed by atoms with Crippen molar-refractivity contribution in [3.63, 3.8) is 0 Å². The van der Waals surface area contributed by atoms with Gasteiger partial charge in [-0.1, -0.05) is 18.2 Å². The van der Waals surface area contributed by atoms with Gasteiger partial charge >= 0.3 is 0 Å². The number of amides is 5. The van der Waals surface area contributed by atoms with Crippen molar-refractivity contribution >= 4 is 69.6 Å². The van der Waals surface area contributed by atoms with Gasteiger partial charge in [-0.15, -0.1) is 0 Å². The van der Waals surface area contributed by atoms with E-state index in [9.17, 15) is 24.0 Å². The van der Waals surface area contributed by atoms with E-state index in [-0.39, 0.29) is 40.0 Å². The van der Waals surface area contributed by atoms with Crippen LogP contribution in [0.15, 0.2) is 143 Å². The fourth-order valence-electron chi connectivity index (χ4n) is 7.76. The minimum atomic E-state index is -0.578. The molecule has 16 heteroatoms. The second-order valence-electron chi connectivity index (χ2n) is 16.1. The van der Waals surface area contributed by atoms with Gasteiger partial charge in [-0.3, -0.25) is 44.6 Å². The van der Waals surface area contributed by atoms with E-state index in [1.165, 1.54) is 42.5 Å². The lowest BCUT2D eigenvalue weighted by atomic mass is 10.1. The van der Waals surface area contributed by atoms with Crippen molar-refractivity contribution in [3.8, 4) is 0 Å². The summed E-state index contributed by atoms with van der Waals surface area (Å²) in [5.41, 5.74) is 6.97. The fraction of sp³-hybridized carbons (Fsp3) is 0.157. The highest BCUT2D eigenvalue weighted by atomic mass is 16.2. The average Bonchev–Trinajstić information content (AvgIpc) is 4.19. The first kappa shape index (κ1) is 43.8. The van der Waals surface area contributed by atoms with E-state index in [4.69, 9.17) is 0 Å². The molecule has 0 saturated carbocycles. The van der Waals surface area contributed by atoms with Crippen LogP contribution < -0.4 is 47.9 Å². The van der Waals surface area contributed by atoms with Crippen LogP contribution in [0.3, 0.4) is 0 Å². The number of hydrogen-bond acceptors (Lipinski definition) is 11. The van der Waals surface area contributed by atoms with Gasteiger partial charge in [0, 0.05) is 82.3 Å². The molecule has 0 unspecified atom stereocenters. The van der Waals surface area contributed by atoms with Crippen LogP contribution in [-0.2, 0) is 0 Å². The van der Waals surface area contributed by atoms with Crippen molar-refractivity contribution in [2.45, 2.75) is 13.1 Å². The number of nitrogens with one attached hydrogen (secondary N) is 9. The van der Waals surface area contributed by atoms with Crippen LogP contribution in [0.25, 0.3) is 0 Å². The Balaban J connectivity index is 0.881. The van der Waals surface area contributed by atoms with Gasteiger partial charge in [-0.25, -0.2) is 0 Å². The minimum Gasteiger partial charge on any atom is -0.368 e. The van der Waals surface area contributed by atoms with Crippen LogP contribution in [0.1, 0.15) is 80.2 Å². The molecule has 9 N–H and O–H groups in total. The predicted molar refractivity (Wildman–Crippen MR) is 261 cm³/mol. The monoisotopic (exact) mass is 893 g/mol. The largest absolute Gasteiger partial charge is 0.368 e. The summed E-state index contributed by atoms with van der Waals surface area (Å²) in [5, 5.41) is 27.6. The molecule has 3 aliphatic heterocycles. The van der Waals surface area contributed by atoms with Crippen molar-refractivity contribution in [2.24, 2.45) is 9.98 Å². The maximum atomic E-state index is 13.8. The molecule has 0 atom stereocenters. The zero-order valence-corrected chi connectivity index (χ0v) is 36.5. The molecule has 3 aliphatic rings. The van der Waals surface area contributed by atoms with Crippen LogP contribution in [0.2, 0.25) is 0 Å². The van der Waals surface area contributed by atoms with Crippen molar-refractivity contribution in [2.75, 3.05) is 65.9 Å². The molecule has 0 radical (unpaired) electrons. The first-order chi connectivity index (χ1) is 32.6. The van der Waals surface area contributed by atoms with E-state index in [1.807, 2.05) is 67.6 Å². The molecule has 9 rings (SSSR count). The third-order valence-corrected chi connectivity index (χ3v) is 11.4. The predicted octanol–water partition coefficient (Wildman–Crippen LogP) is 6.15. The van der Waals surface area contributed by atoms with Gasteiger partial charge in [-0.05, 0) is 133 Å². The van der Waals surface area contributed by atoms with Crippen LogP contribution >= 0.6 is 0 Å². The van der Waals surface area contributed by atoms with Gasteiger partial charge in [0.15, 0.2) is 0 Å². The summed E-state index contributed by atoms with van der Waals surface area (Å²) in [6, 6.07) is 37.6. The molecule has 1 saturated heterocycles. The molecule has 6 aromatic carbocycles. The number of benzene rings is 6. The summed E-state index contributed by atoms with van der Waals surface area (Å²) < 4.78 is 0. The molecule has 5 amide bonds. The lowest BCUT2D eigenvalue weighted by Crippen LogP contribution is -2.21. The molecular weight excluding hydrogens is 847 g/mol. The van der Waals surface area contributed by atoms with Crippen LogP contribution in [0.5, 0.6) is 0 Å². The molecule has 0 bridgehead atoms. The molecule has 67 heavy (non-hydrogen) atoms. The molecule has 0 aromatic heterocycles. The van der Waals surface area contributed by atoms with Crippen molar-refractivity contribution in [3.05, 3.63) is 184 Å². The second kappa shape index (κ2) is 19.7. The molecule has 336 valence electrons. The van der Waals surface area contributed by atoms with Crippen LogP contribution in [0, 0.1) is 6.92 Å². The topological polar surface area (TPSA) is 218 Å². The zero-order valence-electron chi connectivity index (χ0n) is 36.5. The Bertz CT molecular complexity index is 2930. The lowest BCUT2D eigenvalue weighted by molar-refractivity contribution is 0.101. The number of hydrogen-bond donors (Lipinski definition) is 9. The zero-order chi connectivity index (χ0) is 46.3. The number of aliphatic imine (C=N–C) groups is 2. The van der Waals surface area contributed by atoms with E-state index in [0.717, 1.165) is 66.6 Å². The standard InChI is InChI=1S/C51H47N11O5/c1-30-2-3-36(49(65)58-38-15-8-31(9-16-38)44-52-22-23-53-44)28-42(30)61-47(63)34-4-6-35(7-5-34)48(64)62-43-29-37(50(66)59-39-17-10-32(11-18-39)45-54-24-25-55-45)14-21-41(43)51(67)60-40-19-12-33(13-20-40)46-56-26-27-57-46/h2-21,28-29,45,54-55H,22-27H2,1H3,(H,52,53)(H,56,57)(H,58,65)(H,59,66)(H,60,67)(H,61,63)(H,62,64).